The molecule has 340 valence electrons. The molecule has 3 unspecified atom stereocenters. The highest BCUT2D eigenvalue weighted by Gasteiger charge is 2.60. The van der Waals surface area contributed by atoms with Crippen LogP contribution in [0.15, 0.2) is 49.1 Å². The van der Waals surface area contributed by atoms with Gasteiger partial charge in [-0.2, -0.15) is 3.89 Å². The number of aliphatic hydroxyl groups is 1. The molecular formula is C44H66FN5O10S. The number of likely N-dealkylation sites (N-methyl/N-ethyl adjacent to an activating group) is 1. The minimum atomic E-state index is -1.44. The molecule has 13 atom stereocenters. The Kier molecular flexibility index (Phi) is 17.6. The molecule has 1 amide bonds. The van der Waals surface area contributed by atoms with E-state index >= 15 is 0 Å². The lowest BCUT2D eigenvalue weighted by Gasteiger charge is -2.47. The Morgan fingerprint density at radius 1 is 1.02 bits per heavy atom. The molecule has 5 heterocycles. The predicted octanol–water partition coefficient (Wildman–Crippen LogP) is 5.94. The molecule has 61 heavy (non-hydrogen) atoms. The van der Waals surface area contributed by atoms with Crippen LogP contribution in [0.2, 0.25) is 0 Å². The largest absolute Gasteiger partial charge is 0.458 e. The molecule has 1 N–H and O–H groups in total. The van der Waals surface area contributed by atoms with Crippen molar-refractivity contribution in [3.8, 4) is 11.4 Å². The molecule has 0 bridgehead atoms. The van der Waals surface area contributed by atoms with Crippen molar-refractivity contribution in [3.63, 3.8) is 0 Å². The smallest absolute Gasteiger partial charge is 0.411 e. The van der Waals surface area contributed by atoms with E-state index in [4.69, 9.17) is 23.7 Å². The van der Waals surface area contributed by atoms with Gasteiger partial charge in [0.25, 0.3) is 0 Å². The van der Waals surface area contributed by atoms with E-state index < -0.39 is 83.4 Å². The maximum Gasteiger partial charge on any atom is 0.411 e. The van der Waals surface area contributed by atoms with E-state index in [-0.39, 0.29) is 49.5 Å². The summed E-state index contributed by atoms with van der Waals surface area (Å²) >= 11 is 0.250. The maximum absolute atomic E-state index is 14.7. The number of imidazole rings is 1. The van der Waals surface area contributed by atoms with E-state index in [0.29, 0.717) is 13.0 Å². The number of cyclic esters (lactones) is 1. The highest BCUT2D eigenvalue weighted by Crippen LogP contribution is 2.43. The van der Waals surface area contributed by atoms with Crippen molar-refractivity contribution in [3.05, 3.63) is 49.1 Å². The Morgan fingerprint density at radius 3 is 2.30 bits per heavy atom. The zero-order valence-electron chi connectivity index (χ0n) is 37.6. The van der Waals surface area contributed by atoms with Gasteiger partial charge in [-0.05, 0) is 73.2 Å². The van der Waals surface area contributed by atoms with Crippen LogP contribution in [0.1, 0.15) is 74.7 Å². The molecule has 0 saturated carbocycles. The van der Waals surface area contributed by atoms with Gasteiger partial charge in [0.2, 0.25) is 0 Å². The Balaban J connectivity index is 0.00000265. The standard InChI is InChI=1S/C43H63N5O10.CH3FS/c1-12-33-43(8)37(48(41(53)58-43)20-16-15-19-47-23-31(45-24-47)30-17-13-14-18-44-30)27(4)34(49)25(2)22-42(7,54-11)38(28(5)35(50)29(6)39(52)56-33)57-40-36(51)32(46(9)10)21-26(3)55-40;1-3-2/h13-18,23-29,32-33,36-38,40,51H,12,19-22H2,1-11H3;1H3/b16-15+;/t25-,26?,27+,28+,29-,32?,33-,36?,37-,38-,40+,42-,43-;/m1./s1. The number of pyridine rings is 1. The van der Waals surface area contributed by atoms with Crippen molar-refractivity contribution in [1.29, 1.82) is 0 Å². The quantitative estimate of drug-likeness (QED) is 0.169. The molecule has 5 rings (SSSR count). The van der Waals surface area contributed by atoms with E-state index in [1.54, 1.807) is 54.1 Å². The van der Waals surface area contributed by atoms with Crippen molar-refractivity contribution < 1.29 is 51.9 Å². The van der Waals surface area contributed by atoms with Crippen LogP contribution in [0.25, 0.3) is 11.4 Å². The third-order valence-electron chi connectivity index (χ3n) is 12.5. The molecule has 2 aromatic rings. The lowest BCUT2D eigenvalue weighted by atomic mass is 9.73. The van der Waals surface area contributed by atoms with Gasteiger partial charge in [-0.1, -0.05) is 45.9 Å². The molecule has 3 aliphatic rings. The van der Waals surface area contributed by atoms with E-state index in [0.717, 1.165) is 11.4 Å². The monoisotopic (exact) mass is 875 g/mol. The summed E-state index contributed by atoms with van der Waals surface area (Å²) in [6.07, 6.45) is 6.21. The van der Waals surface area contributed by atoms with Crippen LogP contribution >= 0.6 is 12.1 Å². The molecule has 15 nitrogen and oxygen atoms in total. The number of carbonyl (C=O) groups is 4. The van der Waals surface area contributed by atoms with E-state index in [1.165, 1.54) is 25.2 Å². The zero-order chi connectivity index (χ0) is 45.4. The van der Waals surface area contributed by atoms with Crippen LogP contribution in [0.3, 0.4) is 0 Å². The summed E-state index contributed by atoms with van der Waals surface area (Å²) in [5.41, 5.74) is -1.23. The molecule has 3 aliphatic heterocycles. The van der Waals surface area contributed by atoms with E-state index in [9.17, 15) is 28.2 Å². The first-order chi connectivity index (χ1) is 28.8. The Labute approximate surface area is 364 Å². The fourth-order valence-corrected chi connectivity index (χ4v) is 9.16. The van der Waals surface area contributed by atoms with Crippen LogP contribution in [0.5, 0.6) is 0 Å². The van der Waals surface area contributed by atoms with Gasteiger partial charge in [0, 0.05) is 74.8 Å². The molecule has 0 aliphatic carbocycles. The Morgan fingerprint density at radius 2 is 1.69 bits per heavy atom. The number of hydrogen-bond acceptors (Lipinski definition) is 14. The summed E-state index contributed by atoms with van der Waals surface area (Å²) in [5, 5.41) is 11.4. The van der Waals surface area contributed by atoms with Gasteiger partial charge in [0.05, 0.1) is 35.9 Å². The maximum atomic E-state index is 14.7. The molecule has 3 saturated heterocycles. The van der Waals surface area contributed by atoms with Crippen molar-refractivity contribution in [2.24, 2.45) is 23.7 Å². The number of halogens is 1. The fraction of sp³-hybridized carbons (Fsp3) is 0.682. The molecular weight excluding hydrogens is 810 g/mol. The van der Waals surface area contributed by atoms with Gasteiger partial charge in [-0.3, -0.25) is 24.3 Å². The van der Waals surface area contributed by atoms with Crippen molar-refractivity contribution in [2.75, 3.05) is 34.0 Å². The summed E-state index contributed by atoms with van der Waals surface area (Å²) < 4.78 is 43.2. The third-order valence-corrected chi connectivity index (χ3v) is 12.5. The molecule has 17 heteroatoms. The van der Waals surface area contributed by atoms with Crippen molar-refractivity contribution in [1.82, 2.24) is 24.3 Å². The molecule has 0 radical (unpaired) electrons. The van der Waals surface area contributed by atoms with Crippen molar-refractivity contribution >= 4 is 35.8 Å². The van der Waals surface area contributed by atoms with Gasteiger partial charge in [-0.15, -0.1) is 0 Å². The Bertz CT molecular complexity index is 1820. The number of rotatable bonds is 10. The van der Waals surface area contributed by atoms with E-state index in [1.807, 2.05) is 67.0 Å². The number of nitrogens with zero attached hydrogens (tertiary/aromatic N) is 5. The van der Waals surface area contributed by atoms with Crippen LogP contribution in [-0.2, 0) is 44.6 Å². The SMILES string of the molecule is CC[C@H]1OC(=O)[C@H](C)C(=O)[C@H](C)[C@@H](O[C@@H]2OC(C)CC(N(C)C)C2O)[C@](C)(OC)C[C@@H](C)C(=O)[C@H](C)[C@H]2N(C/C=C/Cn3cnc(-c4ccccn4)c3)C(=O)O[C@]12C.CSF. The number of aromatic nitrogens is 3. The number of hydrogen-bond donors (Lipinski definition) is 1. The summed E-state index contributed by atoms with van der Waals surface area (Å²) in [6, 6.07) is 4.50. The number of methoxy groups -OCH3 is 1. The number of ketones is 2. The van der Waals surface area contributed by atoms with Gasteiger partial charge in [0.1, 0.15) is 29.6 Å². The van der Waals surface area contributed by atoms with Gasteiger partial charge in [-0.25, -0.2) is 9.78 Å². The second-order valence-corrected chi connectivity index (χ2v) is 17.4. The summed E-state index contributed by atoms with van der Waals surface area (Å²) in [5.74, 6) is -5.07. The zero-order valence-corrected chi connectivity index (χ0v) is 38.5. The minimum Gasteiger partial charge on any atom is -0.458 e. The lowest BCUT2D eigenvalue weighted by molar-refractivity contribution is -0.295. The first-order valence-corrected chi connectivity index (χ1v) is 22.1. The molecule has 0 spiro atoms. The summed E-state index contributed by atoms with van der Waals surface area (Å²) in [4.78, 5) is 69.0. The van der Waals surface area contributed by atoms with Gasteiger partial charge >= 0.3 is 12.1 Å². The van der Waals surface area contributed by atoms with Crippen LogP contribution < -0.4 is 0 Å². The Hall–Kier alpha value is -3.74. The van der Waals surface area contributed by atoms with Crippen LogP contribution in [0.4, 0.5) is 8.68 Å². The summed E-state index contributed by atoms with van der Waals surface area (Å²) in [6.45, 7) is 14.5. The van der Waals surface area contributed by atoms with Crippen molar-refractivity contribution in [2.45, 2.75) is 135 Å². The average molecular weight is 876 g/mol. The number of fused-ring (bicyclic) bond motifs is 1. The minimum absolute atomic E-state index is 0.115. The predicted molar refractivity (Wildman–Crippen MR) is 229 cm³/mol. The first-order valence-electron chi connectivity index (χ1n) is 21.0. The number of aliphatic hydroxyl groups excluding tert-OH is 1. The number of carbonyl (C=O) groups excluding carboxylic acids is 4. The molecule has 0 aromatic carbocycles. The normalized spacial score (nSPS) is 35.3. The van der Waals surface area contributed by atoms with Gasteiger partial charge in [0.15, 0.2) is 17.7 Å². The number of esters is 1. The molecule has 2 aromatic heterocycles. The fourth-order valence-electron chi connectivity index (χ4n) is 9.16. The number of Topliss-reactive ketones (excluding diaryl/α,β-unsaturated/α-hetero) is 2. The highest BCUT2D eigenvalue weighted by atomic mass is 32.2. The molecule has 3 fully saturated rings. The number of allylic oxidation sites excluding steroid dienone is 1. The van der Waals surface area contributed by atoms with Crippen LogP contribution in [0, 0.1) is 23.7 Å². The third kappa shape index (κ3) is 11.3. The second kappa shape index (κ2) is 21.6. The average Bonchev–Trinajstić information content (AvgIpc) is 3.81. The lowest BCUT2D eigenvalue weighted by Crippen LogP contribution is -2.60. The first kappa shape index (κ1) is 49.9. The van der Waals surface area contributed by atoms with Crippen LogP contribution in [-0.4, -0.2) is 141 Å². The van der Waals surface area contributed by atoms with Gasteiger partial charge < -0.3 is 38.3 Å². The highest BCUT2D eigenvalue weighted by molar-refractivity contribution is 7.93. The topological polar surface area (TPSA) is 172 Å². The van der Waals surface area contributed by atoms with E-state index in [2.05, 4.69) is 9.97 Å². The summed E-state index contributed by atoms with van der Waals surface area (Å²) in [7, 11) is 5.23. The second-order valence-electron chi connectivity index (χ2n) is 17.1. The number of amides is 1. The number of ether oxygens (including phenoxy) is 5.